The van der Waals surface area contributed by atoms with E-state index in [-0.39, 0.29) is 21.9 Å². The van der Waals surface area contributed by atoms with Crippen molar-refractivity contribution in [1.82, 2.24) is 10.3 Å². The molecule has 138 valence electrons. The second kappa shape index (κ2) is 7.48. The van der Waals surface area contributed by atoms with Gasteiger partial charge in [0.05, 0.1) is 12.3 Å². The first-order chi connectivity index (χ1) is 11.2. The Morgan fingerprint density at radius 2 is 1.96 bits per heavy atom. The van der Waals surface area contributed by atoms with E-state index in [4.69, 9.17) is 11.6 Å². The molecule has 9 heteroatoms. The number of rotatable bonds is 5. The van der Waals surface area contributed by atoms with Crippen LogP contribution in [-0.4, -0.2) is 29.2 Å². The van der Waals surface area contributed by atoms with Crippen molar-refractivity contribution >= 4 is 17.5 Å². The fraction of sp³-hybridized carbons (Fsp3) is 0.562. The Kier molecular flexibility index (Phi) is 6.29. The van der Waals surface area contributed by atoms with E-state index in [1.807, 2.05) is 26.8 Å². The minimum Gasteiger partial charge on any atom is -0.482 e. The number of nitrogens with one attached hydrogen (secondary N) is 1. The van der Waals surface area contributed by atoms with E-state index in [1.54, 1.807) is 6.92 Å². The number of hydrogen-bond donors (Lipinski definition) is 1. The van der Waals surface area contributed by atoms with Crippen molar-refractivity contribution in [1.29, 1.82) is 5.26 Å². The Balaban J connectivity index is 2.97. The molecule has 0 spiro atoms. The predicted octanol–water partition coefficient (Wildman–Crippen LogP) is 4.12. The average Bonchev–Trinajstić information content (AvgIpc) is 2.43. The molecule has 1 atom stereocenters. The van der Waals surface area contributed by atoms with Gasteiger partial charge in [-0.25, -0.2) is 4.98 Å². The van der Waals surface area contributed by atoms with Gasteiger partial charge in [-0.05, 0) is 18.8 Å². The molecule has 1 amide bonds. The molecule has 1 N–H and O–H groups in total. The third kappa shape index (κ3) is 7.18. The highest BCUT2D eigenvalue weighted by molar-refractivity contribution is 6.32. The van der Waals surface area contributed by atoms with Crippen molar-refractivity contribution in [3.05, 3.63) is 23.0 Å². The first kappa shape index (κ1) is 21.0. The molecule has 1 aromatic rings. The van der Waals surface area contributed by atoms with Crippen LogP contribution in [0.5, 0.6) is 5.75 Å². The number of aromatic nitrogens is 1. The van der Waals surface area contributed by atoms with Crippen LogP contribution in [0.3, 0.4) is 0 Å². The maximum Gasteiger partial charge on any atom is 0.422 e. The molecule has 1 heterocycles. The fourth-order valence-corrected chi connectivity index (χ4v) is 2.46. The third-order valence-corrected chi connectivity index (χ3v) is 3.25. The van der Waals surface area contributed by atoms with Gasteiger partial charge in [0, 0.05) is 6.07 Å². The molecule has 0 saturated heterocycles. The molecule has 5 nitrogen and oxygen atoms in total. The molecular weight excluding hydrogens is 359 g/mol. The van der Waals surface area contributed by atoms with E-state index in [9.17, 15) is 23.2 Å². The van der Waals surface area contributed by atoms with Gasteiger partial charge in [-0.1, -0.05) is 32.4 Å². The minimum absolute atomic E-state index is 0.154. The van der Waals surface area contributed by atoms with Crippen LogP contribution < -0.4 is 10.1 Å². The van der Waals surface area contributed by atoms with Gasteiger partial charge in [-0.15, -0.1) is 0 Å². The van der Waals surface area contributed by atoms with Gasteiger partial charge in [0.15, 0.2) is 6.61 Å². The summed E-state index contributed by atoms with van der Waals surface area (Å²) in [4.78, 5) is 16.1. The number of amides is 1. The molecule has 0 aliphatic rings. The predicted molar refractivity (Wildman–Crippen MR) is 86.4 cm³/mol. The average molecular weight is 378 g/mol. The summed E-state index contributed by atoms with van der Waals surface area (Å²) in [5.41, 5.74) is -1.59. The van der Waals surface area contributed by atoms with Crippen LogP contribution in [0.25, 0.3) is 0 Å². The van der Waals surface area contributed by atoms with E-state index in [0.717, 1.165) is 12.3 Å². The molecule has 0 saturated carbocycles. The van der Waals surface area contributed by atoms with Crippen molar-refractivity contribution in [3.63, 3.8) is 0 Å². The molecule has 0 aliphatic heterocycles. The number of alkyl halides is 3. The van der Waals surface area contributed by atoms with Crippen molar-refractivity contribution in [2.75, 3.05) is 6.61 Å². The summed E-state index contributed by atoms with van der Waals surface area (Å²) in [5.74, 6) is -1.02. The van der Waals surface area contributed by atoms with E-state index < -0.39 is 24.2 Å². The SMILES string of the molecule is CC(C)(C)CC(C)(C#N)NC(=O)c1cc(OCC(F)(F)F)c(Cl)cn1. The van der Waals surface area contributed by atoms with Gasteiger partial charge in [0.2, 0.25) is 0 Å². The van der Waals surface area contributed by atoms with Crippen LogP contribution in [0, 0.1) is 16.7 Å². The summed E-state index contributed by atoms with van der Waals surface area (Å²) >= 11 is 5.74. The Morgan fingerprint density at radius 3 is 2.44 bits per heavy atom. The Morgan fingerprint density at radius 1 is 1.36 bits per heavy atom. The van der Waals surface area contributed by atoms with Crippen molar-refractivity contribution in [3.8, 4) is 11.8 Å². The highest BCUT2D eigenvalue weighted by Crippen LogP contribution is 2.28. The zero-order valence-electron chi connectivity index (χ0n) is 14.3. The second-order valence-electron chi connectivity index (χ2n) is 7.04. The van der Waals surface area contributed by atoms with Crippen molar-refractivity contribution in [2.45, 2.75) is 45.8 Å². The molecule has 25 heavy (non-hydrogen) atoms. The van der Waals surface area contributed by atoms with Gasteiger partial charge in [-0.3, -0.25) is 4.79 Å². The largest absolute Gasteiger partial charge is 0.482 e. The smallest absolute Gasteiger partial charge is 0.422 e. The Bertz CT molecular complexity index is 681. The lowest BCUT2D eigenvalue weighted by atomic mass is 9.81. The molecule has 0 fully saturated rings. The van der Waals surface area contributed by atoms with E-state index in [1.165, 1.54) is 0 Å². The molecule has 1 aromatic heterocycles. The lowest BCUT2D eigenvalue weighted by molar-refractivity contribution is -0.153. The van der Waals surface area contributed by atoms with Crippen molar-refractivity contribution in [2.24, 2.45) is 5.41 Å². The van der Waals surface area contributed by atoms with Crippen LogP contribution in [-0.2, 0) is 0 Å². The van der Waals surface area contributed by atoms with Gasteiger partial charge in [-0.2, -0.15) is 18.4 Å². The quantitative estimate of drug-likeness (QED) is 0.837. The maximum atomic E-state index is 12.3. The molecule has 0 aromatic carbocycles. The van der Waals surface area contributed by atoms with Crippen LogP contribution in [0.1, 0.15) is 44.6 Å². The summed E-state index contributed by atoms with van der Waals surface area (Å²) in [7, 11) is 0. The number of ether oxygens (including phenoxy) is 1. The van der Waals surface area contributed by atoms with Gasteiger partial charge < -0.3 is 10.1 Å². The summed E-state index contributed by atoms with van der Waals surface area (Å²) in [6.07, 6.45) is -3.15. The Hall–Kier alpha value is -2.01. The summed E-state index contributed by atoms with van der Waals surface area (Å²) in [6.45, 7) is 5.76. The molecule has 0 aliphatic carbocycles. The van der Waals surface area contributed by atoms with Gasteiger partial charge in [0.1, 0.15) is 22.0 Å². The van der Waals surface area contributed by atoms with Crippen LogP contribution in [0.2, 0.25) is 5.02 Å². The maximum absolute atomic E-state index is 12.3. The second-order valence-corrected chi connectivity index (χ2v) is 7.45. The van der Waals surface area contributed by atoms with Gasteiger partial charge >= 0.3 is 6.18 Å². The lowest BCUT2D eigenvalue weighted by Crippen LogP contribution is -2.47. The number of carbonyl (C=O) groups is 1. The first-order valence-corrected chi connectivity index (χ1v) is 7.71. The number of halogens is 4. The van der Waals surface area contributed by atoms with Crippen LogP contribution >= 0.6 is 11.6 Å². The third-order valence-electron chi connectivity index (χ3n) is 2.96. The number of nitrogens with zero attached hydrogens (tertiary/aromatic N) is 2. The monoisotopic (exact) mass is 377 g/mol. The molecule has 0 bridgehead atoms. The summed E-state index contributed by atoms with van der Waals surface area (Å²) < 4.78 is 41.4. The Labute approximate surface area is 149 Å². The number of nitriles is 1. The summed E-state index contributed by atoms with van der Waals surface area (Å²) in [6, 6.07) is 3.05. The lowest BCUT2D eigenvalue weighted by Gasteiger charge is -2.30. The van der Waals surface area contributed by atoms with E-state index in [0.29, 0.717) is 6.42 Å². The number of carbonyl (C=O) groups excluding carboxylic acids is 1. The van der Waals surface area contributed by atoms with Crippen LogP contribution in [0.15, 0.2) is 12.3 Å². The summed E-state index contributed by atoms with van der Waals surface area (Å²) in [5, 5.41) is 11.8. The van der Waals surface area contributed by atoms with E-state index in [2.05, 4.69) is 15.0 Å². The molecule has 1 rings (SSSR count). The standard InChI is InChI=1S/C16H19ClF3N3O2/c1-14(2,3)7-15(4,8-21)23-13(24)11-5-12(10(17)6-22-11)25-9-16(18,19)20/h5-6H,7,9H2,1-4H3,(H,23,24). The molecular formula is C16H19ClF3N3O2. The fourth-order valence-electron chi connectivity index (χ4n) is 2.30. The number of pyridine rings is 1. The highest BCUT2D eigenvalue weighted by atomic mass is 35.5. The van der Waals surface area contributed by atoms with E-state index >= 15 is 0 Å². The molecule has 0 radical (unpaired) electrons. The zero-order chi connectivity index (χ0) is 19.5. The topological polar surface area (TPSA) is 75.0 Å². The number of hydrogen-bond acceptors (Lipinski definition) is 4. The normalized spacial score (nSPS) is 14.4. The highest BCUT2D eigenvalue weighted by Gasteiger charge is 2.33. The first-order valence-electron chi connectivity index (χ1n) is 7.33. The minimum atomic E-state index is -4.54. The van der Waals surface area contributed by atoms with Crippen LogP contribution in [0.4, 0.5) is 13.2 Å². The van der Waals surface area contributed by atoms with Gasteiger partial charge in [0.25, 0.3) is 5.91 Å². The molecule has 1 unspecified atom stereocenters. The zero-order valence-corrected chi connectivity index (χ0v) is 15.0. The van der Waals surface area contributed by atoms with Crippen molar-refractivity contribution < 1.29 is 22.7 Å².